The van der Waals surface area contributed by atoms with Gasteiger partial charge in [-0.1, -0.05) is 28.1 Å². The van der Waals surface area contributed by atoms with Gasteiger partial charge in [0.2, 0.25) is 0 Å². The van der Waals surface area contributed by atoms with E-state index in [2.05, 4.69) is 22.0 Å². The Morgan fingerprint density at radius 3 is 2.76 bits per heavy atom. The Balaban J connectivity index is 1.93. The molecule has 0 amide bonds. The van der Waals surface area contributed by atoms with E-state index in [1.54, 1.807) is 0 Å². The van der Waals surface area contributed by atoms with Crippen LogP contribution < -0.4 is 9.47 Å². The van der Waals surface area contributed by atoms with E-state index in [1.807, 2.05) is 37.3 Å². The van der Waals surface area contributed by atoms with E-state index in [0.717, 1.165) is 40.1 Å². The van der Waals surface area contributed by atoms with Gasteiger partial charge in [0.15, 0.2) is 0 Å². The second kappa shape index (κ2) is 6.29. The Labute approximate surface area is 138 Å². The Bertz CT molecular complexity index is 640. The highest BCUT2D eigenvalue weighted by molar-refractivity contribution is 9.10. The van der Waals surface area contributed by atoms with Crippen molar-refractivity contribution in [1.29, 1.82) is 0 Å². The molecule has 2 aromatic rings. The minimum Gasteiger partial charge on any atom is -0.494 e. The normalized spacial score (nSPS) is 14.4. The van der Waals surface area contributed by atoms with Crippen molar-refractivity contribution in [2.75, 3.05) is 13.2 Å². The fraction of sp³-hybridized carbons (Fsp3) is 0.294. The highest BCUT2D eigenvalue weighted by Crippen LogP contribution is 2.41. The molecule has 0 aliphatic carbocycles. The summed E-state index contributed by atoms with van der Waals surface area (Å²) in [4.78, 5) is 0. The van der Waals surface area contributed by atoms with Crippen LogP contribution in [0, 0.1) is 0 Å². The minimum absolute atomic E-state index is 0.231. The van der Waals surface area contributed by atoms with Crippen molar-refractivity contribution in [3.8, 4) is 11.5 Å². The standard InChI is InChI=1S/C17H16BrClO2/c1-2-20-14-5-3-11(4-6-14)16(19)15-10-13(18)9-12-7-8-21-17(12)15/h3-6,9-10,16H,2,7-8H2,1H3. The predicted octanol–water partition coefficient (Wildman–Crippen LogP) is 5.11. The number of alkyl halides is 1. The van der Waals surface area contributed by atoms with Crippen molar-refractivity contribution in [3.05, 3.63) is 57.6 Å². The summed E-state index contributed by atoms with van der Waals surface area (Å²) in [7, 11) is 0. The average molecular weight is 368 g/mol. The van der Waals surface area contributed by atoms with E-state index < -0.39 is 0 Å². The maximum absolute atomic E-state index is 6.68. The van der Waals surface area contributed by atoms with E-state index >= 15 is 0 Å². The van der Waals surface area contributed by atoms with Gasteiger partial charge in [0.05, 0.1) is 18.6 Å². The molecule has 1 unspecified atom stereocenters. The molecule has 110 valence electrons. The molecule has 2 aromatic carbocycles. The summed E-state index contributed by atoms with van der Waals surface area (Å²) < 4.78 is 12.3. The fourth-order valence-electron chi connectivity index (χ4n) is 2.57. The summed E-state index contributed by atoms with van der Waals surface area (Å²) in [6.45, 7) is 3.36. The van der Waals surface area contributed by atoms with Crippen molar-refractivity contribution < 1.29 is 9.47 Å². The lowest BCUT2D eigenvalue weighted by Gasteiger charge is -2.15. The predicted molar refractivity (Wildman–Crippen MR) is 88.6 cm³/mol. The zero-order valence-electron chi connectivity index (χ0n) is 11.7. The van der Waals surface area contributed by atoms with Crippen LogP contribution in [0.3, 0.4) is 0 Å². The number of hydrogen-bond acceptors (Lipinski definition) is 2. The quantitative estimate of drug-likeness (QED) is 0.699. The third kappa shape index (κ3) is 3.04. The largest absolute Gasteiger partial charge is 0.494 e. The fourth-order valence-corrected chi connectivity index (χ4v) is 3.40. The Hall–Kier alpha value is -1.19. The monoisotopic (exact) mass is 366 g/mol. The lowest BCUT2D eigenvalue weighted by Crippen LogP contribution is -1.98. The molecule has 0 spiro atoms. The molecule has 2 nitrogen and oxygen atoms in total. The Morgan fingerprint density at radius 1 is 1.29 bits per heavy atom. The van der Waals surface area contributed by atoms with E-state index in [9.17, 15) is 0 Å². The molecule has 0 fully saturated rings. The molecule has 21 heavy (non-hydrogen) atoms. The van der Waals surface area contributed by atoms with E-state index in [4.69, 9.17) is 21.1 Å². The van der Waals surface area contributed by atoms with Gasteiger partial charge in [0, 0.05) is 16.5 Å². The number of benzene rings is 2. The maximum atomic E-state index is 6.68. The third-order valence-electron chi connectivity index (χ3n) is 3.53. The number of ether oxygens (including phenoxy) is 2. The molecule has 3 rings (SSSR count). The van der Waals surface area contributed by atoms with E-state index in [0.29, 0.717) is 6.61 Å². The lowest BCUT2D eigenvalue weighted by molar-refractivity contribution is 0.340. The van der Waals surface area contributed by atoms with Gasteiger partial charge in [0.1, 0.15) is 11.5 Å². The number of hydrogen-bond donors (Lipinski definition) is 0. The summed E-state index contributed by atoms with van der Waals surface area (Å²) in [5.41, 5.74) is 3.27. The molecule has 0 saturated heterocycles. The number of rotatable bonds is 4. The van der Waals surface area contributed by atoms with Crippen molar-refractivity contribution in [1.82, 2.24) is 0 Å². The molecule has 1 atom stereocenters. The zero-order valence-corrected chi connectivity index (χ0v) is 14.1. The average Bonchev–Trinajstić information content (AvgIpc) is 2.95. The summed E-state index contributed by atoms with van der Waals surface area (Å²) in [6, 6.07) is 12.1. The molecule has 0 bridgehead atoms. The minimum atomic E-state index is -0.231. The second-order valence-electron chi connectivity index (χ2n) is 4.95. The van der Waals surface area contributed by atoms with Crippen LogP contribution in [-0.4, -0.2) is 13.2 Å². The van der Waals surface area contributed by atoms with Gasteiger partial charge in [-0.05, 0) is 42.3 Å². The summed E-state index contributed by atoms with van der Waals surface area (Å²) in [5, 5.41) is -0.231. The van der Waals surface area contributed by atoms with Gasteiger partial charge in [-0.15, -0.1) is 11.6 Å². The summed E-state index contributed by atoms with van der Waals surface area (Å²) in [6.07, 6.45) is 0.939. The van der Waals surface area contributed by atoms with Crippen molar-refractivity contribution in [2.24, 2.45) is 0 Å². The maximum Gasteiger partial charge on any atom is 0.127 e. The van der Waals surface area contributed by atoms with Gasteiger partial charge < -0.3 is 9.47 Å². The van der Waals surface area contributed by atoms with Gasteiger partial charge in [-0.3, -0.25) is 0 Å². The first-order chi connectivity index (χ1) is 10.2. The topological polar surface area (TPSA) is 18.5 Å². The molecule has 0 radical (unpaired) electrons. The highest BCUT2D eigenvalue weighted by Gasteiger charge is 2.23. The SMILES string of the molecule is CCOc1ccc(C(Cl)c2cc(Br)cc3c2OCC3)cc1. The molecule has 0 N–H and O–H groups in total. The van der Waals surface area contributed by atoms with Crippen molar-refractivity contribution in [2.45, 2.75) is 18.7 Å². The lowest BCUT2D eigenvalue weighted by atomic mass is 10.0. The molecule has 0 aromatic heterocycles. The molecule has 1 heterocycles. The molecule has 1 aliphatic heterocycles. The third-order valence-corrected chi connectivity index (χ3v) is 4.48. The Kier molecular flexibility index (Phi) is 4.41. The van der Waals surface area contributed by atoms with Gasteiger partial charge in [-0.2, -0.15) is 0 Å². The van der Waals surface area contributed by atoms with Crippen LogP contribution in [0.25, 0.3) is 0 Å². The van der Waals surface area contributed by atoms with Crippen LogP contribution in [0.2, 0.25) is 0 Å². The van der Waals surface area contributed by atoms with Gasteiger partial charge >= 0.3 is 0 Å². The van der Waals surface area contributed by atoms with Crippen LogP contribution in [0.1, 0.15) is 29.0 Å². The van der Waals surface area contributed by atoms with Crippen LogP contribution >= 0.6 is 27.5 Å². The molecule has 1 aliphatic rings. The summed E-state index contributed by atoms with van der Waals surface area (Å²) in [5.74, 6) is 1.80. The van der Waals surface area contributed by atoms with Crippen LogP contribution in [-0.2, 0) is 6.42 Å². The summed E-state index contributed by atoms with van der Waals surface area (Å²) >= 11 is 10.2. The van der Waals surface area contributed by atoms with Crippen LogP contribution in [0.15, 0.2) is 40.9 Å². The van der Waals surface area contributed by atoms with E-state index in [-0.39, 0.29) is 5.38 Å². The second-order valence-corrected chi connectivity index (χ2v) is 6.30. The molecule has 0 saturated carbocycles. The van der Waals surface area contributed by atoms with Crippen LogP contribution in [0.4, 0.5) is 0 Å². The smallest absolute Gasteiger partial charge is 0.127 e. The van der Waals surface area contributed by atoms with E-state index in [1.165, 1.54) is 5.56 Å². The number of halogens is 2. The zero-order chi connectivity index (χ0) is 14.8. The highest BCUT2D eigenvalue weighted by atomic mass is 79.9. The van der Waals surface area contributed by atoms with Gasteiger partial charge in [0.25, 0.3) is 0 Å². The Morgan fingerprint density at radius 2 is 2.05 bits per heavy atom. The first kappa shape index (κ1) is 14.7. The molecule has 4 heteroatoms. The van der Waals surface area contributed by atoms with Crippen LogP contribution in [0.5, 0.6) is 11.5 Å². The van der Waals surface area contributed by atoms with Crippen molar-refractivity contribution in [3.63, 3.8) is 0 Å². The first-order valence-electron chi connectivity index (χ1n) is 7.01. The number of fused-ring (bicyclic) bond motifs is 1. The molecular weight excluding hydrogens is 352 g/mol. The van der Waals surface area contributed by atoms with Gasteiger partial charge in [-0.25, -0.2) is 0 Å². The first-order valence-corrected chi connectivity index (χ1v) is 8.24. The molecular formula is C17H16BrClO2. The van der Waals surface area contributed by atoms with Crippen molar-refractivity contribution >= 4 is 27.5 Å².